The summed E-state index contributed by atoms with van der Waals surface area (Å²) in [6.07, 6.45) is 1.30. The summed E-state index contributed by atoms with van der Waals surface area (Å²) in [6, 6.07) is 0. The largest absolute Gasteiger partial charge is 0.372 e. The highest BCUT2D eigenvalue weighted by molar-refractivity contribution is 5.90. The Kier molecular flexibility index (Phi) is 6.93. The van der Waals surface area contributed by atoms with Crippen LogP contribution in [0.4, 0.5) is 0 Å². The first-order valence-corrected chi connectivity index (χ1v) is 11.4. The van der Waals surface area contributed by atoms with Crippen LogP contribution in [0.2, 0.25) is 0 Å². The van der Waals surface area contributed by atoms with Crippen molar-refractivity contribution in [2.45, 2.75) is 40.5 Å². The van der Waals surface area contributed by atoms with Crippen molar-refractivity contribution in [2.24, 2.45) is 33.4 Å². The summed E-state index contributed by atoms with van der Waals surface area (Å²) >= 11 is 0. The molecule has 3 heterocycles. The number of nitrogens with zero attached hydrogens (tertiary/aromatic N) is 3. The second-order valence-electron chi connectivity index (χ2n) is 10.3. The summed E-state index contributed by atoms with van der Waals surface area (Å²) in [5.74, 6) is 1.06. The van der Waals surface area contributed by atoms with E-state index in [0.717, 1.165) is 25.3 Å². The Morgan fingerprint density at radius 1 is 1.10 bits per heavy atom. The van der Waals surface area contributed by atoms with Crippen molar-refractivity contribution in [3.8, 4) is 0 Å². The van der Waals surface area contributed by atoms with Gasteiger partial charge in [-0.1, -0.05) is 27.7 Å². The normalized spacial score (nSPS) is 27.7. The Hall–Kier alpha value is -2.16. The SMILES string of the molecule is CC1(C)CC(C(=O)NCCN2CC(C3=NCCN3)CC(C)(C)C2=O)CN(CCN)C1=O. The zero-order valence-corrected chi connectivity index (χ0v) is 19.4. The van der Waals surface area contributed by atoms with Crippen LogP contribution in [0.1, 0.15) is 40.5 Å². The molecule has 0 spiro atoms. The Morgan fingerprint density at radius 2 is 1.74 bits per heavy atom. The van der Waals surface area contributed by atoms with Crippen LogP contribution in [0.15, 0.2) is 4.99 Å². The van der Waals surface area contributed by atoms with E-state index < -0.39 is 10.8 Å². The van der Waals surface area contributed by atoms with Crippen LogP contribution in [0.25, 0.3) is 0 Å². The lowest BCUT2D eigenvalue weighted by Crippen LogP contribution is -2.56. The number of nitrogens with one attached hydrogen (secondary N) is 2. The van der Waals surface area contributed by atoms with E-state index in [1.807, 2.05) is 32.6 Å². The average Bonchev–Trinajstić information content (AvgIpc) is 3.23. The fourth-order valence-corrected chi connectivity index (χ4v) is 5.14. The first kappa shape index (κ1) is 23.5. The first-order valence-electron chi connectivity index (χ1n) is 11.4. The Morgan fingerprint density at radius 3 is 2.35 bits per heavy atom. The van der Waals surface area contributed by atoms with Gasteiger partial charge in [0.2, 0.25) is 17.7 Å². The fourth-order valence-electron chi connectivity index (χ4n) is 5.14. The van der Waals surface area contributed by atoms with Gasteiger partial charge in [0.15, 0.2) is 0 Å². The van der Waals surface area contributed by atoms with Crippen LogP contribution >= 0.6 is 0 Å². The maximum absolute atomic E-state index is 12.9. The quantitative estimate of drug-likeness (QED) is 0.513. The number of hydrogen-bond acceptors (Lipinski definition) is 6. The average molecular weight is 435 g/mol. The van der Waals surface area contributed by atoms with E-state index in [0.29, 0.717) is 45.7 Å². The molecule has 2 atom stereocenters. The number of piperidine rings is 2. The van der Waals surface area contributed by atoms with Gasteiger partial charge in [-0.25, -0.2) is 0 Å². The molecule has 2 unspecified atom stereocenters. The summed E-state index contributed by atoms with van der Waals surface area (Å²) in [5, 5.41) is 6.34. The van der Waals surface area contributed by atoms with Gasteiger partial charge in [0.1, 0.15) is 5.84 Å². The van der Waals surface area contributed by atoms with Gasteiger partial charge >= 0.3 is 0 Å². The highest BCUT2D eigenvalue weighted by Gasteiger charge is 2.43. The van der Waals surface area contributed by atoms with Crippen molar-refractivity contribution in [1.29, 1.82) is 0 Å². The van der Waals surface area contributed by atoms with E-state index >= 15 is 0 Å². The lowest BCUT2D eigenvalue weighted by molar-refractivity contribution is -0.150. The summed E-state index contributed by atoms with van der Waals surface area (Å²) in [5.41, 5.74) is 4.61. The van der Waals surface area contributed by atoms with Crippen LogP contribution in [0, 0.1) is 22.7 Å². The van der Waals surface area contributed by atoms with E-state index in [-0.39, 0.29) is 29.6 Å². The number of likely N-dealkylation sites (tertiary alicyclic amines) is 2. The minimum absolute atomic E-state index is 0.0534. The molecule has 2 saturated heterocycles. The zero-order valence-electron chi connectivity index (χ0n) is 19.4. The molecule has 0 saturated carbocycles. The third-order valence-electron chi connectivity index (χ3n) is 6.66. The molecule has 3 aliphatic rings. The second kappa shape index (κ2) is 9.14. The number of amides is 3. The number of carbonyl (C=O) groups is 3. The standard InChI is InChI=1S/C22H38N6O3/c1-21(2)11-15(17-24-6-7-25-17)13-28(20(21)31)10-8-26-18(29)16-12-22(3,4)19(30)27(14-16)9-5-23/h15-16H,5-14,23H2,1-4H3,(H,24,25)(H,26,29). The van der Waals surface area contributed by atoms with E-state index in [9.17, 15) is 14.4 Å². The maximum atomic E-state index is 12.9. The molecule has 0 radical (unpaired) electrons. The predicted octanol–water partition coefficient (Wildman–Crippen LogP) is -0.188. The topological polar surface area (TPSA) is 120 Å². The predicted molar refractivity (Wildman–Crippen MR) is 119 cm³/mol. The Balaban J connectivity index is 1.56. The van der Waals surface area contributed by atoms with Crippen LogP contribution in [-0.2, 0) is 14.4 Å². The van der Waals surface area contributed by atoms with Crippen LogP contribution < -0.4 is 16.4 Å². The monoisotopic (exact) mass is 434 g/mol. The maximum Gasteiger partial charge on any atom is 0.228 e. The third-order valence-corrected chi connectivity index (χ3v) is 6.66. The minimum atomic E-state index is -0.579. The van der Waals surface area contributed by atoms with Crippen molar-refractivity contribution in [3.63, 3.8) is 0 Å². The number of carbonyl (C=O) groups excluding carboxylic acids is 3. The van der Waals surface area contributed by atoms with Crippen molar-refractivity contribution < 1.29 is 14.4 Å². The summed E-state index contributed by atoms with van der Waals surface area (Å²) in [6.45, 7) is 12.1. The Bertz CT molecular complexity index is 748. The molecular formula is C22H38N6O3. The minimum Gasteiger partial charge on any atom is -0.372 e. The van der Waals surface area contributed by atoms with E-state index in [2.05, 4.69) is 15.6 Å². The molecule has 0 aromatic heterocycles. The molecule has 2 fully saturated rings. The summed E-state index contributed by atoms with van der Waals surface area (Å²) < 4.78 is 0. The van der Waals surface area contributed by atoms with Crippen LogP contribution in [0.5, 0.6) is 0 Å². The highest BCUT2D eigenvalue weighted by atomic mass is 16.2. The number of nitrogens with two attached hydrogens (primary N) is 1. The van der Waals surface area contributed by atoms with Gasteiger partial charge < -0.3 is 26.2 Å². The van der Waals surface area contributed by atoms with Crippen LogP contribution in [-0.4, -0.2) is 85.7 Å². The molecule has 3 amide bonds. The van der Waals surface area contributed by atoms with Gasteiger partial charge in [-0.2, -0.15) is 0 Å². The van der Waals surface area contributed by atoms with Crippen molar-refractivity contribution in [1.82, 2.24) is 20.4 Å². The zero-order chi connectivity index (χ0) is 22.8. The molecule has 0 bridgehead atoms. The summed E-state index contributed by atoms with van der Waals surface area (Å²) in [4.78, 5) is 46.4. The van der Waals surface area contributed by atoms with Crippen LogP contribution in [0.3, 0.4) is 0 Å². The highest BCUT2D eigenvalue weighted by Crippen LogP contribution is 2.35. The van der Waals surface area contributed by atoms with Gasteiger partial charge in [-0.15, -0.1) is 0 Å². The molecule has 174 valence electrons. The first-order chi connectivity index (χ1) is 14.5. The lowest BCUT2D eigenvalue weighted by atomic mass is 9.77. The fraction of sp³-hybridized carbons (Fsp3) is 0.818. The number of aliphatic imine (C=N–C) groups is 1. The summed E-state index contributed by atoms with van der Waals surface area (Å²) in [7, 11) is 0. The molecule has 4 N–H and O–H groups in total. The van der Waals surface area contributed by atoms with Crippen molar-refractivity contribution in [2.75, 3.05) is 52.4 Å². The number of rotatable bonds is 7. The van der Waals surface area contributed by atoms with Gasteiger partial charge in [0.25, 0.3) is 0 Å². The molecule has 3 rings (SSSR count). The van der Waals surface area contributed by atoms with E-state index in [1.54, 1.807) is 4.90 Å². The van der Waals surface area contributed by atoms with Crippen molar-refractivity contribution in [3.05, 3.63) is 0 Å². The molecule has 0 aromatic rings. The van der Waals surface area contributed by atoms with Gasteiger partial charge in [0, 0.05) is 62.6 Å². The van der Waals surface area contributed by atoms with E-state index in [4.69, 9.17) is 5.73 Å². The number of amidine groups is 1. The molecule has 31 heavy (non-hydrogen) atoms. The van der Waals surface area contributed by atoms with E-state index in [1.165, 1.54) is 0 Å². The molecule has 3 aliphatic heterocycles. The molecule has 9 nitrogen and oxygen atoms in total. The lowest BCUT2D eigenvalue weighted by Gasteiger charge is -2.42. The molecule has 0 aliphatic carbocycles. The third kappa shape index (κ3) is 5.19. The molecule has 9 heteroatoms. The number of hydrogen-bond donors (Lipinski definition) is 3. The molecular weight excluding hydrogens is 396 g/mol. The second-order valence-corrected chi connectivity index (χ2v) is 10.3. The van der Waals surface area contributed by atoms with Gasteiger partial charge in [-0.05, 0) is 12.8 Å². The molecule has 0 aromatic carbocycles. The van der Waals surface area contributed by atoms with Gasteiger partial charge in [-0.3, -0.25) is 19.4 Å². The Labute approximate surface area is 185 Å². The van der Waals surface area contributed by atoms with Gasteiger partial charge in [0.05, 0.1) is 12.5 Å². The smallest absolute Gasteiger partial charge is 0.228 e. The van der Waals surface area contributed by atoms with Crippen molar-refractivity contribution >= 4 is 23.6 Å².